The lowest BCUT2D eigenvalue weighted by Crippen LogP contribution is -2.70. The van der Waals surface area contributed by atoms with E-state index in [0.29, 0.717) is 0 Å². The second-order valence-corrected chi connectivity index (χ2v) is 4.64. The SMILES string of the molecule is CN(C)C(=O)NOC1(C)C(=O)N(C)C(=O)N(C)C1O. The van der Waals surface area contributed by atoms with Crippen LogP contribution in [0.4, 0.5) is 9.59 Å². The molecule has 0 aliphatic carbocycles. The third-order valence-corrected chi connectivity index (χ3v) is 2.93. The molecule has 0 saturated carbocycles. The fraction of sp³-hybridized carbons (Fsp3) is 0.700. The molecule has 5 amide bonds. The molecule has 2 unspecified atom stereocenters. The highest BCUT2D eigenvalue weighted by atomic mass is 16.7. The number of aliphatic hydroxyl groups excluding tert-OH is 1. The molecule has 2 atom stereocenters. The van der Waals surface area contributed by atoms with Gasteiger partial charge in [-0.2, -0.15) is 0 Å². The minimum atomic E-state index is -1.77. The number of aliphatic hydroxyl groups is 1. The first-order chi connectivity index (χ1) is 8.62. The largest absolute Gasteiger partial charge is 0.370 e. The lowest BCUT2D eigenvalue weighted by Gasteiger charge is -2.44. The van der Waals surface area contributed by atoms with Crippen LogP contribution in [0.3, 0.4) is 0 Å². The van der Waals surface area contributed by atoms with Gasteiger partial charge in [0.15, 0.2) is 6.23 Å². The standard InChI is InChI=1S/C10H18N4O5/c1-10(19-11-8(17)12(2)3)6(15)13(4)9(18)14(5)7(10)16/h6,15H,1-5H3,(H,11,17). The number of rotatable bonds is 2. The van der Waals surface area contributed by atoms with Crippen LogP contribution in [0.5, 0.6) is 0 Å². The maximum Gasteiger partial charge on any atom is 0.340 e. The van der Waals surface area contributed by atoms with E-state index in [1.807, 2.05) is 0 Å². The Balaban J connectivity index is 2.91. The number of carbonyl (C=O) groups excluding carboxylic acids is 3. The third kappa shape index (κ3) is 2.47. The number of amides is 5. The predicted octanol–water partition coefficient (Wildman–Crippen LogP) is -1.21. The molecule has 9 heteroatoms. The predicted molar refractivity (Wildman–Crippen MR) is 63.6 cm³/mol. The van der Waals surface area contributed by atoms with E-state index in [9.17, 15) is 19.5 Å². The molecule has 0 spiro atoms. The summed E-state index contributed by atoms with van der Waals surface area (Å²) in [4.78, 5) is 43.0. The van der Waals surface area contributed by atoms with Crippen molar-refractivity contribution >= 4 is 18.0 Å². The topological polar surface area (TPSA) is 102 Å². The van der Waals surface area contributed by atoms with Crippen LogP contribution in [0.15, 0.2) is 0 Å². The zero-order chi connectivity index (χ0) is 15.0. The molecule has 2 N–H and O–H groups in total. The van der Waals surface area contributed by atoms with Gasteiger partial charge in [0.2, 0.25) is 5.60 Å². The van der Waals surface area contributed by atoms with Crippen molar-refractivity contribution in [3.8, 4) is 0 Å². The fourth-order valence-electron chi connectivity index (χ4n) is 1.58. The number of imide groups is 1. The van der Waals surface area contributed by atoms with Crippen LogP contribution in [0, 0.1) is 0 Å². The van der Waals surface area contributed by atoms with E-state index >= 15 is 0 Å². The Morgan fingerprint density at radius 2 is 1.95 bits per heavy atom. The van der Waals surface area contributed by atoms with E-state index in [-0.39, 0.29) is 0 Å². The lowest BCUT2D eigenvalue weighted by molar-refractivity contribution is -0.206. The van der Waals surface area contributed by atoms with Crippen molar-refractivity contribution in [1.82, 2.24) is 20.2 Å². The normalized spacial score (nSPS) is 27.6. The molecular weight excluding hydrogens is 256 g/mol. The highest BCUT2D eigenvalue weighted by molar-refractivity contribution is 6.01. The molecule has 0 radical (unpaired) electrons. The van der Waals surface area contributed by atoms with Crippen molar-refractivity contribution in [2.24, 2.45) is 0 Å². The Bertz CT molecular complexity index is 413. The van der Waals surface area contributed by atoms with Crippen molar-refractivity contribution in [1.29, 1.82) is 0 Å². The van der Waals surface area contributed by atoms with Gasteiger partial charge >= 0.3 is 12.1 Å². The summed E-state index contributed by atoms with van der Waals surface area (Å²) >= 11 is 0. The summed E-state index contributed by atoms with van der Waals surface area (Å²) in [5.41, 5.74) is 0.276. The van der Waals surface area contributed by atoms with Crippen LogP contribution in [0.25, 0.3) is 0 Å². The van der Waals surface area contributed by atoms with Crippen LogP contribution in [0.2, 0.25) is 0 Å². The van der Waals surface area contributed by atoms with E-state index in [1.54, 1.807) is 0 Å². The summed E-state index contributed by atoms with van der Waals surface area (Å²) in [5.74, 6) is -0.748. The maximum atomic E-state index is 12.0. The molecule has 108 valence electrons. The minimum absolute atomic E-state index is 0.594. The average molecular weight is 274 g/mol. The van der Waals surface area contributed by atoms with E-state index < -0.39 is 29.8 Å². The molecule has 0 aromatic carbocycles. The van der Waals surface area contributed by atoms with E-state index in [4.69, 9.17) is 4.84 Å². The number of hydroxylamine groups is 1. The molecule has 1 heterocycles. The number of likely N-dealkylation sites (N-methyl/N-ethyl adjacent to an activating group) is 2. The van der Waals surface area contributed by atoms with Gasteiger partial charge in [-0.05, 0) is 6.92 Å². The fourth-order valence-corrected chi connectivity index (χ4v) is 1.58. The Kier molecular flexibility index (Phi) is 4.01. The molecule has 0 aromatic heterocycles. The van der Waals surface area contributed by atoms with Gasteiger partial charge in [0.1, 0.15) is 0 Å². The summed E-state index contributed by atoms with van der Waals surface area (Å²) < 4.78 is 0. The second-order valence-electron chi connectivity index (χ2n) is 4.64. The summed E-state index contributed by atoms with van der Waals surface area (Å²) in [6.07, 6.45) is -1.51. The number of nitrogens with one attached hydrogen (secondary N) is 1. The van der Waals surface area contributed by atoms with Gasteiger partial charge in [-0.25, -0.2) is 15.1 Å². The van der Waals surface area contributed by atoms with E-state index in [0.717, 1.165) is 9.80 Å². The summed E-state index contributed by atoms with van der Waals surface area (Å²) in [7, 11) is 5.57. The Morgan fingerprint density at radius 3 is 2.42 bits per heavy atom. The minimum Gasteiger partial charge on any atom is -0.370 e. The monoisotopic (exact) mass is 274 g/mol. The number of hydrogen-bond acceptors (Lipinski definition) is 5. The maximum absolute atomic E-state index is 12.0. The quantitative estimate of drug-likeness (QED) is 0.615. The Hall–Kier alpha value is -1.87. The van der Waals surface area contributed by atoms with Crippen molar-refractivity contribution < 1.29 is 24.3 Å². The number of urea groups is 2. The molecule has 19 heavy (non-hydrogen) atoms. The van der Waals surface area contributed by atoms with Gasteiger partial charge in [-0.3, -0.25) is 19.4 Å². The smallest absolute Gasteiger partial charge is 0.340 e. The van der Waals surface area contributed by atoms with Gasteiger partial charge in [-0.15, -0.1) is 0 Å². The van der Waals surface area contributed by atoms with Gasteiger partial charge in [0.25, 0.3) is 5.91 Å². The zero-order valence-electron chi connectivity index (χ0n) is 11.5. The van der Waals surface area contributed by atoms with Crippen LogP contribution in [0.1, 0.15) is 6.92 Å². The van der Waals surface area contributed by atoms with Crippen molar-refractivity contribution in [2.45, 2.75) is 18.8 Å². The number of nitrogens with zero attached hydrogens (tertiary/aromatic N) is 3. The third-order valence-electron chi connectivity index (χ3n) is 2.93. The van der Waals surface area contributed by atoms with Crippen molar-refractivity contribution in [3.63, 3.8) is 0 Å². The molecule has 1 saturated heterocycles. The average Bonchev–Trinajstić information content (AvgIpc) is 2.38. The van der Waals surface area contributed by atoms with Gasteiger partial charge < -0.3 is 10.0 Å². The van der Waals surface area contributed by atoms with Crippen molar-refractivity contribution in [2.75, 3.05) is 28.2 Å². The van der Waals surface area contributed by atoms with Crippen molar-refractivity contribution in [3.05, 3.63) is 0 Å². The van der Waals surface area contributed by atoms with Crippen LogP contribution in [-0.4, -0.2) is 77.8 Å². The number of carbonyl (C=O) groups is 3. The van der Waals surface area contributed by atoms with Gasteiger partial charge in [0.05, 0.1) is 0 Å². The van der Waals surface area contributed by atoms with Crippen LogP contribution in [-0.2, 0) is 9.63 Å². The highest BCUT2D eigenvalue weighted by Crippen LogP contribution is 2.25. The molecule has 1 aliphatic heterocycles. The van der Waals surface area contributed by atoms with Crippen LogP contribution < -0.4 is 5.48 Å². The molecule has 0 bridgehead atoms. The summed E-state index contributed by atoms with van der Waals surface area (Å²) in [6.45, 7) is 1.29. The lowest BCUT2D eigenvalue weighted by atomic mass is 10.00. The zero-order valence-corrected chi connectivity index (χ0v) is 11.5. The first-order valence-electron chi connectivity index (χ1n) is 5.51. The Labute approximate surface area is 110 Å². The van der Waals surface area contributed by atoms with E-state index in [1.165, 1.54) is 40.0 Å². The van der Waals surface area contributed by atoms with Gasteiger partial charge in [0, 0.05) is 28.2 Å². The first-order valence-corrected chi connectivity index (χ1v) is 5.51. The van der Waals surface area contributed by atoms with E-state index in [2.05, 4.69) is 5.48 Å². The molecule has 1 rings (SSSR count). The number of hydrogen-bond donors (Lipinski definition) is 2. The van der Waals surface area contributed by atoms with Gasteiger partial charge in [-0.1, -0.05) is 0 Å². The molecular formula is C10H18N4O5. The van der Waals surface area contributed by atoms with Crippen LogP contribution >= 0.6 is 0 Å². The second kappa shape index (κ2) is 5.02. The first kappa shape index (κ1) is 15.2. The summed E-state index contributed by atoms with van der Waals surface area (Å²) in [6, 6.07) is -1.25. The molecule has 1 fully saturated rings. The molecule has 1 aliphatic rings. The highest BCUT2D eigenvalue weighted by Gasteiger charge is 2.54. The molecule has 0 aromatic rings. The summed E-state index contributed by atoms with van der Waals surface area (Å²) in [5, 5.41) is 9.97. The Morgan fingerprint density at radius 1 is 1.42 bits per heavy atom. The molecule has 9 nitrogen and oxygen atoms in total.